The van der Waals surface area contributed by atoms with Gasteiger partial charge >= 0.3 is 0 Å². The lowest BCUT2D eigenvalue weighted by atomic mass is 9.98. The third kappa shape index (κ3) is 3.73. The molecule has 0 unspecified atom stereocenters. The second-order valence-corrected chi connectivity index (χ2v) is 6.42. The smallest absolute Gasteiger partial charge is 0.137 e. The van der Waals surface area contributed by atoms with Crippen LogP contribution in [0.15, 0.2) is 22.7 Å². The van der Waals surface area contributed by atoms with Crippen molar-refractivity contribution < 1.29 is 4.39 Å². The Morgan fingerprint density at radius 1 is 1.30 bits per heavy atom. The summed E-state index contributed by atoms with van der Waals surface area (Å²) in [4.78, 5) is 2.51. The van der Waals surface area contributed by atoms with Gasteiger partial charge in [0.1, 0.15) is 5.82 Å². The van der Waals surface area contributed by atoms with Crippen LogP contribution in [0.5, 0.6) is 0 Å². The van der Waals surface area contributed by atoms with Crippen molar-refractivity contribution in [3.05, 3.63) is 34.1 Å². The first-order chi connectivity index (χ1) is 9.25. The van der Waals surface area contributed by atoms with Gasteiger partial charge in [0.2, 0.25) is 0 Å². The van der Waals surface area contributed by atoms with Gasteiger partial charge in [0.05, 0.1) is 4.47 Å². The van der Waals surface area contributed by atoms with Gasteiger partial charge in [-0.2, -0.15) is 0 Å². The molecule has 1 atom stereocenters. The molecule has 0 radical (unpaired) electrons. The van der Waals surface area contributed by atoms with Crippen molar-refractivity contribution in [1.82, 2.24) is 10.2 Å². The number of nitrogens with one attached hydrogen (secondary N) is 1. The van der Waals surface area contributed by atoms with Crippen LogP contribution < -0.4 is 5.32 Å². The van der Waals surface area contributed by atoms with Gasteiger partial charge in [0.15, 0.2) is 0 Å². The fourth-order valence-corrected chi connectivity index (χ4v) is 3.44. The molecule has 3 rings (SSSR count). The zero-order chi connectivity index (χ0) is 13.2. The Bertz CT molecular complexity index is 447. The Morgan fingerprint density at radius 3 is 2.65 bits per heavy atom. The summed E-state index contributed by atoms with van der Waals surface area (Å²) in [5, 5.41) is 3.39. The van der Waals surface area contributed by atoms with Crippen LogP contribution in [-0.4, -0.2) is 31.1 Å². The highest BCUT2D eigenvalue weighted by molar-refractivity contribution is 9.10. The summed E-state index contributed by atoms with van der Waals surface area (Å²) in [5.74, 6) is 0.698. The van der Waals surface area contributed by atoms with E-state index in [-0.39, 0.29) is 18.2 Å². The summed E-state index contributed by atoms with van der Waals surface area (Å²) in [6.07, 6.45) is 3.85. The van der Waals surface area contributed by atoms with E-state index in [0.29, 0.717) is 10.5 Å². The third-order valence-electron chi connectivity index (χ3n) is 4.19. The van der Waals surface area contributed by atoms with E-state index in [1.807, 2.05) is 6.07 Å². The lowest BCUT2D eigenvalue weighted by Crippen LogP contribution is -2.45. The maximum absolute atomic E-state index is 13.8. The highest BCUT2D eigenvalue weighted by atomic mass is 79.9. The third-order valence-corrected chi connectivity index (χ3v) is 5.02. The first-order valence-corrected chi connectivity index (χ1v) is 7.93. The van der Waals surface area contributed by atoms with Gasteiger partial charge in [0, 0.05) is 32.2 Å². The van der Waals surface area contributed by atoms with Gasteiger partial charge in [-0.15, -0.1) is 12.4 Å². The van der Waals surface area contributed by atoms with Crippen LogP contribution in [0.25, 0.3) is 0 Å². The van der Waals surface area contributed by atoms with Crippen molar-refractivity contribution in [1.29, 1.82) is 0 Å². The Morgan fingerprint density at radius 2 is 2.00 bits per heavy atom. The second-order valence-electron chi connectivity index (χ2n) is 5.62. The first kappa shape index (κ1) is 16.2. The predicted molar refractivity (Wildman–Crippen MR) is 85.9 cm³/mol. The summed E-state index contributed by atoms with van der Waals surface area (Å²) < 4.78 is 14.4. The van der Waals surface area contributed by atoms with E-state index in [0.717, 1.165) is 37.7 Å². The fraction of sp³-hybridized carbons (Fsp3) is 0.600. The Balaban J connectivity index is 0.00000147. The lowest BCUT2D eigenvalue weighted by molar-refractivity contribution is 0.159. The number of nitrogens with zero attached hydrogens (tertiary/aromatic N) is 1. The van der Waals surface area contributed by atoms with Crippen LogP contribution in [0.3, 0.4) is 0 Å². The van der Waals surface area contributed by atoms with Gasteiger partial charge in [-0.1, -0.05) is 25.0 Å². The standard InChI is InChI=1S/C15H20BrFN2.ClH/c16-15-12(2-1-3-13(15)17)14(10-11-4-5-11)19-8-6-18-7-9-19;/h1-3,11,14,18H,4-10H2;1H/t14-;/m1./s1. The van der Waals surface area contributed by atoms with Gasteiger partial charge in [0.25, 0.3) is 0 Å². The molecule has 1 saturated heterocycles. The van der Waals surface area contributed by atoms with Crippen molar-refractivity contribution in [3.8, 4) is 0 Å². The van der Waals surface area contributed by atoms with Gasteiger partial charge in [-0.25, -0.2) is 4.39 Å². The van der Waals surface area contributed by atoms with E-state index in [1.165, 1.54) is 25.3 Å². The van der Waals surface area contributed by atoms with E-state index in [2.05, 4.69) is 32.2 Å². The van der Waals surface area contributed by atoms with Crippen LogP contribution in [0.1, 0.15) is 30.9 Å². The number of hydrogen-bond acceptors (Lipinski definition) is 2. The van der Waals surface area contributed by atoms with E-state index in [9.17, 15) is 4.39 Å². The van der Waals surface area contributed by atoms with Gasteiger partial charge in [-0.3, -0.25) is 4.90 Å². The summed E-state index contributed by atoms with van der Waals surface area (Å²) in [6, 6.07) is 5.79. The van der Waals surface area contributed by atoms with Gasteiger partial charge < -0.3 is 5.32 Å². The van der Waals surface area contributed by atoms with Crippen molar-refractivity contribution in [2.45, 2.75) is 25.3 Å². The van der Waals surface area contributed by atoms with E-state index < -0.39 is 0 Å². The molecule has 0 bridgehead atoms. The predicted octanol–water partition coefficient (Wildman–Crippen LogP) is 3.76. The fourth-order valence-electron chi connectivity index (χ4n) is 2.91. The SMILES string of the molecule is Cl.Fc1cccc([C@@H](CC2CC2)N2CCNCC2)c1Br. The summed E-state index contributed by atoms with van der Waals surface area (Å²) in [7, 11) is 0. The molecule has 0 spiro atoms. The zero-order valence-electron chi connectivity index (χ0n) is 11.4. The first-order valence-electron chi connectivity index (χ1n) is 7.14. The average molecular weight is 364 g/mol. The molecule has 1 aliphatic heterocycles. The normalized spacial score (nSPS) is 21.3. The highest BCUT2D eigenvalue weighted by Gasteiger charge is 2.31. The average Bonchev–Trinajstić information content (AvgIpc) is 3.25. The number of piperazine rings is 1. The molecule has 2 fully saturated rings. The number of hydrogen-bond donors (Lipinski definition) is 1. The minimum atomic E-state index is -0.145. The molecule has 1 aliphatic carbocycles. The molecule has 112 valence electrons. The summed E-state index contributed by atoms with van der Waals surface area (Å²) >= 11 is 3.44. The molecule has 2 aliphatic rings. The minimum Gasteiger partial charge on any atom is -0.314 e. The molecule has 1 aromatic rings. The molecule has 2 nitrogen and oxygen atoms in total. The Hall–Kier alpha value is -0.160. The van der Waals surface area contributed by atoms with Crippen LogP contribution in [0, 0.1) is 11.7 Å². The van der Waals surface area contributed by atoms with Crippen molar-refractivity contribution in [3.63, 3.8) is 0 Å². The second kappa shape index (κ2) is 7.21. The molecular weight excluding hydrogens is 343 g/mol. The summed E-state index contributed by atoms with van der Waals surface area (Å²) in [5.41, 5.74) is 1.12. The molecule has 1 heterocycles. The molecule has 1 N–H and O–H groups in total. The monoisotopic (exact) mass is 362 g/mol. The molecular formula is C15H21BrClFN2. The molecule has 1 saturated carbocycles. The number of halogens is 3. The summed E-state index contributed by atoms with van der Waals surface area (Å²) in [6.45, 7) is 4.18. The number of rotatable bonds is 4. The maximum Gasteiger partial charge on any atom is 0.137 e. The molecule has 0 amide bonds. The van der Waals surface area contributed by atoms with Crippen molar-refractivity contribution >= 4 is 28.3 Å². The van der Waals surface area contributed by atoms with Crippen LogP contribution in [0.4, 0.5) is 4.39 Å². The van der Waals surface area contributed by atoms with Crippen molar-refractivity contribution in [2.24, 2.45) is 5.92 Å². The number of benzene rings is 1. The maximum atomic E-state index is 13.8. The lowest BCUT2D eigenvalue weighted by Gasteiger charge is -2.36. The largest absolute Gasteiger partial charge is 0.314 e. The van der Waals surface area contributed by atoms with Gasteiger partial charge in [-0.05, 0) is 39.9 Å². The Kier molecular flexibility index (Phi) is 5.84. The van der Waals surface area contributed by atoms with Crippen LogP contribution in [-0.2, 0) is 0 Å². The van der Waals surface area contributed by atoms with Crippen molar-refractivity contribution in [2.75, 3.05) is 26.2 Å². The van der Waals surface area contributed by atoms with Crippen LogP contribution >= 0.6 is 28.3 Å². The zero-order valence-corrected chi connectivity index (χ0v) is 13.9. The molecule has 1 aromatic carbocycles. The van der Waals surface area contributed by atoms with E-state index in [1.54, 1.807) is 0 Å². The molecule has 0 aromatic heterocycles. The minimum absolute atomic E-state index is 0. The Labute approximate surface area is 134 Å². The molecule has 20 heavy (non-hydrogen) atoms. The van der Waals surface area contributed by atoms with Crippen LogP contribution in [0.2, 0.25) is 0 Å². The highest BCUT2D eigenvalue weighted by Crippen LogP contribution is 2.42. The quantitative estimate of drug-likeness (QED) is 0.876. The topological polar surface area (TPSA) is 15.3 Å². The van der Waals surface area contributed by atoms with E-state index in [4.69, 9.17) is 0 Å². The van der Waals surface area contributed by atoms with E-state index >= 15 is 0 Å². The molecule has 5 heteroatoms.